The highest BCUT2D eigenvalue weighted by atomic mass is 35.5. The molecule has 0 unspecified atom stereocenters. The first-order valence-corrected chi connectivity index (χ1v) is 6.09. The van der Waals surface area contributed by atoms with Crippen LogP contribution in [0.15, 0.2) is 24.3 Å². The third-order valence-electron chi connectivity index (χ3n) is 3.03. The van der Waals surface area contributed by atoms with Gasteiger partial charge in [0.2, 0.25) is 5.91 Å². The number of rotatable bonds is 4. The van der Waals surface area contributed by atoms with Crippen molar-refractivity contribution in [2.24, 2.45) is 5.73 Å². The minimum absolute atomic E-state index is 0. The number of hydrogen-bond acceptors (Lipinski definition) is 4. The number of carbonyl (C=O) groups excluding carboxylic acids is 1. The zero-order valence-corrected chi connectivity index (χ0v) is 11.8. The van der Waals surface area contributed by atoms with Crippen molar-refractivity contribution in [3.63, 3.8) is 0 Å². The standard InChI is InChI=1S/C13H19N3O2.ClH/c1-18-12-4-2-3-11(7-12)15-13(17)9-16-6-5-10(14)8-16;/h2-4,7,10H,5-6,8-9,14H2,1H3,(H,15,17);1H/t10-;/m0./s1. The van der Waals surface area contributed by atoms with E-state index in [1.165, 1.54) is 0 Å². The molecule has 1 aliphatic rings. The van der Waals surface area contributed by atoms with Gasteiger partial charge < -0.3 is 15.8 Å². The molecule has 0 bridgehead atoms. The van der Waals surface area contributed by atoms with Crippen LogP contribution in [0.2, 0.25) is 0 Å². The smallest absolute Gasteiger partial charge is 0.238 e. The van der Waals surface area contributed by atoms with Gasteiger partial charge in [-0.2, -0.15) is 0 Å². The first-order valence-electron chi connectivity index (χ1n) is 6.09. The number of benzene rings is 1. The Morgan fingerprint density at radius 3 is 3.00 bits per heavy atom. The number of halogens is 1. The van der Waals surface area contributed by atoms with Crippen LogP contribution in [0.3, 0.4) is 0 Å². The summed E-state index contributed by atoms with van der Waals surface area (Å²) in [6.07, 6.45) is 0.965. The molecule has 1 fully saturated rings. The first-order chi connectivity index (χ1) is 8.67. The lowest BCUT2D eigenvalue weighted by Gasteiger charge is -2.14. The maximum Gasteiger partial charge on any atom is 0.238 e. The molecular formula is C13H20ClN3O2. The average Bonchev–Trinajstić information content (AvgIpc) is 2.74. The van der Waals surface area contributed by atoms with Crippen LogP contribution in [0.1, 0.15) is 6.42 Å². The normalized spacial score (nSPS) is 18.7. The Hall–Kier alpha value is -1.30. The molecule has 106 valence electrons. The van der Waals surface area contributed by atoms with Gasteiger partial charge in [0.1, 0.15) is 5.75 Å². The Morgan fingerprint density at radius 2 is 2.37 bits per heavy atom. The van der Waals surface area contributed by atoms with E-state index in [-0.39, 0.29) is 24.4 Å². The summed E-state index contributed by atoms with van der Waals surface area (Å²) >= 11 is 0. The van der Waals surface area contributed by atoms with Crippen molar-refractivity contribution in [1.82, 2.24) is 4.90 Å². The van der Waals surface area contributed by atoms with E-state index in [1.54, 1.807) is 13.2 Å². The monoisotopic (exact) mass is 285 g/mol. The zero-order valence-electron chi connectivity index (χ0n) is 11.0. The van der Waals surface area contributed by atoms with Crippen molar-refractivity contribution in [3.8, 4) is 5.75 Å². The van der Waals surface area contributed by atoms with E-state index in [4.69, 9.17) is 10.5 Å². The number of nitrogens with one attached hydrogen (secondary N) is 1. The van der Waals surface area contributed by atoms with Crippen molar-refractivity contribution in [2.75, 3.05) is 32.1 Å². The maximum absolute atomic E-state index is 11.8. The molecule has 1 heterocycles. The SMILES string of the molecule is COc1cccc(NC(=O)CN2CC[C@H](N)C2)c1.Cl. The molecule has 1 amide bonds. The molecule has 2 rings (SSSR count). The van der Waals surface area contributed by atoms with Gasteiger partial charge in [0.15, 0.2) is 0 Å². The first kappa shape index (κ1) is 15.8. The molecule has 0 saturated carbocycles. The van der Waals surface area contributed by atoms with Crippen molar-refractivity contribution >= 4 is 24.0 Å². The maximum atomic E-state index is 11.8. The highest BCUT2D eigenvalue weighted by Crippen LogP contribution is 2.16. The largest absolute Gasteiger partial charge is 0.497 e. The number of likely N-dealkylation sites (tertiary alicyclic amines) is 1. The summed E-state index contributed by atoms with van der Waals surface area (Å²) in [5.41, 5.74) is 6.55. The lowest BCUT2D eigenvalue weighted by atomic mass is 10.3. The summed E-state index contributed by atoms with van der Waals surface area (Å²) in [4.78, 5) is 13.9. The number of nitrogens with zero attached hydrogens (tertiary/aromatic N) is 1. The number of carbonyl (C=O) groups is 1. The van der Waals surface area contributed by atoms with Crippen LogP contribution >= 0.6 is 12.4 Å². The summed E-state index contributed by atoms with van der Waals surface area (Å²) in [7, 11) is 1.60. The fraction of sp³-hybridized carbons (Fsp3) is 0.462. The fourth-order valence-electron chi connectivity index (χ4n) is 2.11. The predicted molar refractivity (Wildman–Crippen MR) is 77.9 cm³/mol. The van der Waals surface area contributed by atoms with Crippen LogP contribution in [0.5, 0.6) is 5.75 Å². The number of amides is 1. The molecule has 3 N–H and O–H groups in total. The minimum Gasteiger partial charge on any atom is -0.497 e. The Labute approximate surface area is 119 Å². The summed E-state index contributed by atoms with van der Waals surface area (Å²) in [6, 6.07) is 7.54. The molecule has 19 heavy (non-hydrogen) atoms. The zero-order chi connectivity index (χ0) is 13.0. The molecule has 1 aromatic carbocycles. The van der Waals surface area contributed by atoms with Crippen LogP contribution in [-0.4, -0.2) is 43.6 Å². The van der Waals surface area contributed by atoms with E-state index in [1.807, 2.05) is 18.2 Å². The summed E-state index contributed by atoms with van der Waals surface area (Å²) in [5.74, 6) is 0.716. The van der Waals surface area contributed by atoms with Crippen LogP contribution < -0.4 is 15.8 Å². The average molecular weight is 286 g/mol. The summed E-state index contributed by atoms with van der Waals surface area (Å²) in [6.45, 7) is 2.09. The number of hydrogen-bond donors (Lipinski definition) is 2. The van der Waals surface area contributed by atoms with Gasteiger partial charge in [-0.25, -0.2) is 0 Å². The second-order valence-corrected chi connectivity index (χ2v) is 4.56. The van der Waals surface area contributed by atoms with Gasteiger partial charge in [-0.15, -0.1) is 12.4 Å². The van der Waals surface area contributed by atoms with Crippen LogP contribution in [-0.2, 0) is 4.79 Å². The van der Waals surface area contributed by atoms with Gasteiger partial charge in [-0.05, 0) is 18.6 Å². The molecule has 0 aromatic heterocycles. The molecule has 5 nitrogen and oxygen atoms in total. The second-order valence-electron chi connectivity index (χ2n) is 4.56. The number of methoxy groups -OCH3 is 1. The third-order valence-corrected chi connectivity index (χ3v) is 3.03. The van der Waals surface area contributed by atoms with E-state index >= 15 is 0 Å². The number of nitrogens with two attached hydrogens (primary N) is 1. The van der Waals surface area contributed by atoms with Crippen LogP contribution in [0.4, 0.5) is 5.69 Å². The summed E-state index contributed by atoms with van der Waals surface area (Å²) < 4.78 is 5.11. The van der Waals surface area contributed by atoms with E-state index in [0.717, 1.165) is 30.9 Å². The van der Waals surface area contributed by atoms with E-state index < -0.39 is 0 Å². The van der Waals surface area contributed by atoms with Gasteiger partial charge in [0.05, 0.1) is 13.7 Å². The van der Waals surface area contributed by atoms with E-state index in [2.05, 4.69) is 10.2 Å². The topological polar surface area (TPSA) is 67.6 Å². The molecule has 1 aromatic rings. The van der Waals surface area contributed by atoms with Gasteiger partial charge in [0, 0.05) is 30.9 Å². The van der Waals surface area contributed by atoms with Crippen molar-refractivity contribution in [2.45, 2.75) is 12.5 Å². The van der Waals surface area contributed by atoms with Crippen molar-refractivity contribution in [3.05, 3.63) is 24.3 Å². The number of ether oxygens (including phenoxy) is 1. The third kappa shape index (κ3) is 4.70. The highest BCUT2D eigenvalue weighted by molar-refractivity contribution is 5.92. The molecule has 6 heteroatoms. The Morgan fingerprint density at radius 1 is 1.58 bits per heavy atom. The van der Waals surface area contributed by atoms with Crippen molar-refractivity contribution in [1.29, 1.82) is 0 Å². The Balaban J connectivity index is 0.00000180. The van der Waals surface area contributed by atoms with Gasteiger partial charge >= 0.3 is 0 Å². The van der Waals surface area contributed by atoms with Gasteiger partial charge in [-0.1, -0.05) is 6.07 Å². The van der Waals surface area contributed by atoms with Crippen molar-refractivity contribution < 1.29 is 9.53 Å². The molecule has 0 radical (unpaired) electrons. The summed E-state index contributed by atoms with van der Waals surface area (Å²) in [5, 5.41) is 2.86. The lowest BCUT2D eigenvalue weighted by Crippen LogP contribution is -2.33. The molecule has 0 spiro atoms. The van der Waals surface area contributed by atoms with Gasteiger partial charge in [0.25, 0.3) is 0 Å². The van der Waals surface area contributed by atoms with E-state index in [0.29, 0.717) is 6.54 Å². The predicted octanol–water partition coefficient (Wildman–Crippen LogP) is 1.09. The quantitative estimate of drug-likeness (QED) is 0.869. The van der Waals surface area contributed by atoms with E-state index in [9.17, 15) is 4.79 Å². The molecule has 1 atom stereocenters. The highest BCUT2D eigenvalue weighted by Gasteiger charge is 2.20. The van der Waals surface area contributed by atoms with Crippen LogP contribution in [0.25, 0.3) is 0 Å². The molecule has 1 saturated heterocycles. The molecule has 0 aliphatic carbocycles. The molecular weight excluding hydrogens is 266 g/mol. The fourth-order valence-corrected chi connectivity index (χ4v) is 2.11. The van der Waals surface area contributed by atoms with Crippen LogP contribution in [0, 0.1) is 0 Å². The Bertz CT molecular complexity index is 428. The second kappa shape index (κ2) is 7.33. The molecule has 1 aliphatic heterocycles. The Kier molecular flexibility index (Phi) is 6.08. The van der Waals surface area contributed by atoms with Gasteiger partial charge in [-0.3, -0.25) is 9.69 Å². The lowest BCUT2D eigenvalue weighted by molar-refractivity contribution is -0.117. The minimum atomic E-state index is -0.0163. The number of anilines is 1.